The van der Waals surface area contributed by atoms with Crippen molar-refractivity contribution < 1.29 is 19.4 Å². The summed E-state index contributed by atoms with van der Waals surface area (Å²) in [6.07, 6.45) is 7.27. The van der Waals surface area contributed by atoms with Crippen molar-refractivity contribution in [3.63, 3.8) is 0 Å². The van der Waals surface area contributed by atoms with Gasteiger partial charge in [0.1, 0.15) is 0 Å². The minimum Gasteiger partial charge on any atom is -0.481 e. The lowest BCUT2D eigenvalue weighted by molar-refractivity contribution is -0.137. The van der Waals surface area contributed by atoms with Gasteiger partial charge in [-0.25, -0.2) is 0 Å². The molecule has 2 N–H and O–H groups in total. The van der Waals surface area contributed by atoms with Gasteiger partial charge >= 0.3 is 5.97 Å². The Labute approximate surface area is 113 Å². The smallest absolute Gasteiger partial charge is 0.303 e. The summed E-state index contributed by atoms with van der Waals surface area (Å²) in [5, 5.41) is 11.5. The summed E-state index contributed by atoms with van der Waals surface area (Å²) in [7, 11) is 0. The normalized spacial score (nSPS) is 28.5. The van der Waals surface area contributed by atoms with Crippen molar-refractivity contribution in [3.05, 3.63) is 0 Å². The first kappa shape index (κ1) is 14.3. The third-order valence-electron chi connectivity index (χ3n) is 4.06. The molecule has 2 heterocycles. The molecule has 2 bridgehead atoms. The molecule has 108 valence electrons. The number of unbranched alkanes of at least 4 members (excludes halogenated alkanes) is 3. The molecule has 1 amide bonds. The van der Waals surface area contributed by atoms with E-state index in [0.717, 1.165) is 44.9 Å². The van der Waals surface area contributed by atoms with Crippen molar-refractivity contribution in [2.24, 2.45) is 5.92 Å². The number of carboxylic acids is 1. The molecule has 19 heavy (non-hydrogen) atoms. The second-order valence-electron chi connectivity index (χ2n) is 5.57. The first-order valence-electron chi connectivity index (χ1n) is 7.32. The van der Waals surface area contributed by atoms with Gasteiger partial charge in [0.2, 0.25) is 5.91 Å². The Morgan fingerprint density at radius 2 is 1.95 bits per heavy atom. The van der Waals surface area contributed by atoms with Crippen LogP contribution in [0.15, 0.2) is 0 Å². The predicted octanol–water partition coefficient (Wildman–Crippen LogP) is 1.71. The number of carboxylic acid groups (broad SMARTS) is 1. The summed E-state index contributed by atoms with van der Waals surface area (Å²) in [6.45, 7) is 0.694. The summed E-state index contributed by atoms with van der Waals surface area (Å²) in [4.78, 5) is 22.3. The maximum atomic E-state index is 11.9. The van der Waals surface area contributed by atoms with E-state index in [1.54, 1.807) is 0 Å². The van der Waals surface area contributed by atoms with E-state index in [1.807, 2.05) is 0 Å². The molecule has 3 unspecified atom stereocenters. The van der Waals surface area contributed by atoms with Gasteiger partial charge in [0, 0.05) is 13.0 Å². The van der Waals surface area contributed by atoms with E-state index in [4.69, 9.17) is 9.84 Å². The minimum absolute atomic E-state index is 0.0609. The van der Waals surface area contributed by atoms with Crippen molar-refractivity contribution in [1.82, 2.24) is 5.32 Å². The van der Waals surface area contributed by atoms with Crippen LogP contribution < -0.4 is 5.32 Å². The van der Waals surface area contributed by atoms with Crippen LogP contribution >= 0.6 is 0 Å². The highest BCUT2D eigenvalue weighted by molar-refractivity contribution is 5.79. The molecule has 2 aliphatic rings. The molecule has 5 heteroatoms. The molecule has 0 radical (unpaired) electrons. The molecular weight excluding hydrogens is 246 g/mol. The summed E-state index contributed by atoms with van der Waals surface area (Å²) in [5.41, 5.74) is 0. The van der Waals surface area contributed by atoms with Gasteiger partial charge in [-0.05, 0) is 32.1 Å². The van der Waals surface area contributed by atoms with Crippen LogP contribution in [0.2, 0.25) is 0 Å². The van der Waals surface area contributed by atoms with E-state index >= 15 is 0 Å². The monoisotopic (exact) mass is 269 g/mol. The predicted molar refractivity (Wildman–Crippen MR) is 69.7 cm³/mol. The summed E-state index contributed by atoms with van der Waals surface area (Å²) >= 11 is 0. The van der Waals surface area contributed by atoms with E-state index < -0.39 is 5.97 Å². The van der Waals surface area contributed by atoms with Gasteiger partial charge in [0.05, 0.1) is 18.1 Å². The van der Waals surface area contributed by atoms with E-state index in [0.29, 0.717) is 12.6 Å². The molecule has 3 atom stereocenters. The number of nitrogens with one attached hydrogen (secondary N) is 1. The van der Waals surface area contributed by atoms with Gasteiger partial charge in [-0.15, -0.1) is 0 Å². The molecule has 5 nitrogen and oxygen atoms in total. The second kappa shape index (κ2) is 6.89. The minimum atomic E-state index is -0.732. The van der Waals surface area contributed by atoms with Gasteiger partial charge in [0.15, 0.2) is 0 Å². The van der Waals surface area contributed by atoms with E-state index in [1.165, 1.54) is 0 Å². The fourth-order valence-electron chi connectivity index (χ4n) is 3.01. The highest BCUT2D eigenvalue weighted by Gasteiger charge is 2.44. The van der Waals surface area contributed by atoms with Crippen molar-refractivity contribution in [2.45, 2.75) is 63.6 Å². The number of carbonyl (C=O) groups is 2. The third kappa shape index (κ3) is 4.20. The van der Waals surface area contributed by atoms with Crippen LogP contribution in [0.1, 0.15) is 51.4 Å². The molecule has 0 aromatic heterocycles. The number of rotatable bonds is 8. The van der Waals surface area contributed by atoms with Crippen molar-refractivity contribution in [3.8, 4) is 0 Å². The van der Waals surface area contributed by atoms with Crippen LogP contribution in [-0.2, 0) is 14.3 Å². The van der Waals surface area contributed by atoms with Gasteiger partial charge in [0.25, 0.3) is 0 Å². The second-order valence-corrected chi connectivity index (χ2v) is 5.57. The zero-order valence-electron chi connectivity index (χ0n) is 11.3. The van der Waals surface area contributed by atoms with E-state index in [-0.39, 0.29) is 24.3 Å². The molecule has 0 aromatic carbocycles. The maximum Gasteiger partial charge on any atom is 0.303 e. The highest BCUT2D eigenvalue weighted by Crippen LogP contribution is 2.38. The Hall–Kier alpha value is -1.10. The lowest BCUT2D eigenvalue weighted by atomic mass is 9.88. The molecule has 0 spiro atoms. The van der Waals surface area contributed by atoms with E-state index in [9.17, 15) is 9.59 Å². The van der Waals surface area contributed by atoms with Gasteiger partial charge in [-0.3, -0.25) is 9.59 Å². The maximum absolute atomic E-state index is 11.9. The van der Waals surface area contributed by atoms with Crippen LogP contribution in [0.3, 0.4) is 0 Å². The van der Waals surface area contributed by atoms with Crippen molar-refractivity contribution >= 4 is 11.9 Å². The Kier molecular flexibility index (Phi) is 5.19. The Balaban J connectivity index is 1.49. The summed E-state index contributed by atoms with van der Waals surface area (Å²) < 4.78 is 5.67. The number of amides is 1. The fraction of sp³-hybridized carbons (Fsp3) is 0.857. The topological polar surface area (TPSA) is 75.6 Å². The zero-order chi connectivity index (χ0) is 13.7. The largest absolute Gasteiger partial charge is 0.481 e. The van der Waals surface area contributed by atoms with Crippen molar-refractivity contribution in [2.75, 3.05) is 6.54 Å². The first-order chi connectivity index (χ1) is 9.16. The van der Waals surface area contributed by atoms with Crippen LogP contribution in [0, 0.1) is 5.92 Å². The van der Waals surface area contributed by atoms with Crippen LogP contribution in [0.25, 0.3) is 0 Å². The Morgan fingerprint density at radius 1 is 1.16 bits per heavy atom. The third-order valence-corrected chi connectivity index (χ3v) is 4.06. The van der Waals surface area contributed by atoms with E-state index in [2.05, 4.69) is 5.32 Å². The fourth-order valence-corrected chi connectivity index (χ4v) is 3.01. The van der Waals surface area contributed by atoms with Crippen molar-refractivity contribution in [1.29, 1.82) is 0 Å². The molecule has 0 aromatic rings. The highest BCUT2D eigenvalue weighted by atomic mass is 16.5. The number of hydrogen-bond acceptors (Lipinski definition) is 3. The van der Waals surface area contributed by atoms with Crippen LogP contribution in [-0.4, -0.2) is 35.7 Å². The number of carbonyl (C=O) groups excluding carboxylic acids is 1. The summed E-state index contributed by atoms with van der Waals surface area (Å²) in [5.74, 6) is -0.534. The van der Waals surface area contributed by atoms with Gasteiger partial charge < -0.3 is 15.2 Å². The molecule has 2 aliphatic heterocycles. The SMILES string of the molecule is O=C(O)CCCCCCNC(=O)C1CC2CCC1O2. The molecular formula is C14H23NO4. The molecule has 0 aliphatic carbocycles. The van der Waals surface area contributed by atoms with Crippen LogP contribution in [0.5, 0.6) is 0 Å². The molecule has 2 rings (SSSR count). The Bertz CT molecular complexity index is 331. The van der Waals surface area contributed by atoms with Gasteiger partial charge in [-0.2, -0.15) is 0 Å². The number of hydrogen-bond donors (Lipinski definition) is 2. The summed E-state index contributed by atoms with van der Waals surface area (Å²) in [6, 6.07) is 0. The standard InChI is InChI=1S/C14H23NO4/c16-13(17)5-3-1-2-4-8-15-14(18)11-9-10-6-7-12(11)19-10/h10-12H,1-9H2,(H,15,18)(H,16,17). The quantitative estimate of drug-likeness (QED) is 0.658. The average Bonchev–Trinajstić information content (AvgIpc) is 2.99. The number of ether oxygens (including phenoxy) is 1. The van der Waals surface area contributed by atoms with Gasteiger partial charge in [-0.1, -0.05) is 12.8 Å². The molecule has 2 fully saturated rings. The lowest BCUT2D eigenvalue weighted by Gasteiger charge is -2.17. The molecule has 0 saturated carbocycles. The average molecular weight is 269 g/mol. The van der Waals surface area contributed by atoms with Crippen LogP contribution in [0.4, 0.5) is 0 Å². The molecule has 2 saturated heterocycles. The zero-order valence-corrected chi connectivity index (χ0v) is 11.3. The number of aliphatic carboxylic acids is 1. The lowest BCUT2D eigenvalue weighted by Crippen LogP contribution is -2.36. The first-order valence-corrected chi connectivity index (χ1v) is 7.32. The number of fused-ring (bicyclic) bond motifs is 2. The Morgan fingerprint density at radius 3 is 2.58 bits per heavy atom.